The fourth-order valence-corrected chi connectivity index (χ4v) is 2.04. The Labute approximate surface area is 125 Å². The van der Waals surface area contributed by atoms with Gasteiger partial charge in [-0.1, -0.05) is 30.3 Å². The highest BCUT2D eigenvalue weighted by Crippen LogP contribution is 2.09. The van der Waals surface area contributed by atoms with Crippen LogP contribution in [0.25, 0.3) is 0 Å². The maximum absolute atomic E-state index is 12.1. The van der Waals surface area contributed by atoms with Gasteiger partial charge in [0.15, 0.2) is 0 Å². The van der Waals surface area contributed by atoms with E-state index in [4.69, 9.17) is 0 Å². The van der Waals surface area contributed by atoms with E-state index in [-0.39, 0.29) is 5.91 Å². The van der Waals surface area contributed by atoms with Crippen LogP contribution in [0.15, 0.2) is 48.8 Å². The lowest BCUT2D eigenvalue weighted by atomic mass is 10.1. The Bertz CT molecular complexity index is 582. The summed E-state index contributed by atoms with van der Waals surface area (Å²) < 4.78 is 0. The molecular formula is C17H21N3O. The van der Waals surface area contributed by atoms with Gasteiger partial charge in [-0.05, 0) is 31.9 Å². The van der Waals surface area contributed by atoms with Crippen LogP contribution in [-0.4, -0.2) is 23.5 Å². The molecule has 0 saturated heterocycles. The van der Waals surface area contributed by atoms with Crippen LogP contribution in [-0.2, 0) is 6.42 Å². The van der Waals surface area contributed by atoms with Gasteiger partial charge in [0.25, 0.3) is 5.91 Å². The number of benzene rings is 1. The Morgan fingerprint density at radius 2 is 1.95 bits per heavy atom. The molecule has 0 bridgehead atoms. The lowest BCUT2D eigenvalue weighted by Crippen LogP contribution is -2.26. The minimum absolute atomic E-state index is 0.0918. The number of nitrogens with zero attached hydrogens (tertiary/aromatic N) is 1. The Balaban J connectivity index is 1.88. The molecule has 1 aromatic heterocycles. The van der Waals surface area contributed by atoms with E-state index in [9.17, 15) is 4.79 Å². The van der Waals surface area contributed by atoms with E-state index in [1.807, 2.05) is 38.1 Å². The van der Waals surface area contributed by atoms with Crippen LogP contribution >= 0.6 is 0 Å². The van der Waals surface area contributed by atoms with Crippen molar-refractivity contribution in [3.63, 3.8) is 0 Å². The van der Waals surface area contributed by atoms with E-state index in [1.165, 1.54) is 5.56 Å². The quantitative estimate of drug-likeness (QED) is 0.857. The summed E-state index contributed by atoms with van der Waals surface area (Å²) >= 11 is 0. The normalized spacial score (nSPS) is 10.4. The summed E-state index contributed by atoms with van der Waals surface area (Å²) in [4.78, 5) is 16.2. The minimum Gasteiger partial charge on any atom is -0.382 e. The molecule has 2 N–H and O–H groups in total. The first kappa shape index (κ1) is 15.0. The summed E-state index contributed by atoms with van der Waals surface area (Å²) in [5.74, 6) is -0.0918. The van der Waals surface area contributed by atoms with E-state index in [0.29, 0.717) is 18.2 Å². The summed E-state index contributed by atoms with van der Waals surface area (Å²) in [5.41, 5.74) is 2.65. The molecule has 0 unspecified atom stereocenters. The summed E-state index contributed by atoms with van der Waals surface area (Å²) in [5, 5.41) is 6.16. The van der Waals surface area contributed by atoms with Gasteiger partial charge in [0.05, 0.1) is 11.3 Å². The van der Waals surface area contributed by atoms with Gasteiger partial charge in [0.1, 0.15) is 0 Å². The van der Waals surface area contributed by atoms with Gasteiger partial charge in [0, 0.05) is 25.0 Å². The largest absolute Gasteiger partial charge is 0.382 e. The number of anilines is 1. The first-order chi connectivity index (χ1) is 10.1. The zero-order chi connectivity index (χ0) is 15.1. The maximum atomic E-state index is 12.1. The number of pyridine rings is 1. The average molecular weight is 283 g/mol. The van der Waals surface area contributed by atoms with Crippen molar-refractivity contribution in [2.24, 2.45) is 0 Å². The van der Waals surface area contributed by atoms with Gasteiger partial charge >= 0.3 is 0 Å². The zero-order valence-corrected chi connectivity index (χ0v) is 12.5. The predicted molar refractivity (Wildman–Crippen MR) is 85.5 cm³/mol. The molecule has 4 heteroatoms. The van der Waals surface area contributed by atoms with Crippen LogP contribution in [0.2, 0.25) is 0 Å². The molecule has 1 amide bonds. The number of nitrogens with one attached hydrogen (secondary N) is 2. The second-order valence-electron chi connectivity index (χ2n) is 5.25. The fourth-order valence-electron chi connectivity index (χ4n) is 2.04. The molecule has 0 radical (unpaired) electrons. The number of hydrogen-bond acceptors (Lipinski definition) is 3. The van der Waals surface area contributed by atoms with Crippen molar-refractivity contribution < 1.29 is 4.79 Å². The summed E-state index contributed by atoms with van der Waals surface area (Å²) in [6.07, 6.45) is 4.13. The topological polar surface area (TPSA) is 54.0 Å². The van der Waals surface area contributed by atoms with E-state index in [2.05, 4.69) is 27.8 Å². The van der Waals surface area contributed by atoms with Crippen LogP contribution in [0, 0.1) is 0 Å². The van der Waals surface area contributed by atoms with E-state index in [1.54, 1.807) is 12.4 Å². The maximum Gasteiger partial charge on any atom is 0.252 e. The first-order valence-corrected chi connectivity index (χ1v) is 7.19. The number of carbonyl (C=O) groups is 1. The third kappa shape index (κ3) is 4.91. The van der Waals surface area contributed by atoms with Crippen molar-refractivity contribution in [2.75, 3.05) is 11.9 Å². The number of hydrogen-bond donors (Lipinski definition) is 2. The molecule has 2 rings (SSSR count). The van der Waals surface area contributed by atoms with Crippen LogP contribution in [0.1, 0.15) is 29.8 Å². The average Bonchev–Trinajstić information content (AvgIpc) is 2.48. The first-order valence-electron chi connectivity index (χ1n) is 7.19. The summed E-state index contributed by atoms with van der Waals surface area (Å²) in [6, 6.07) is 12.2. The molecule has 0 saturated carbocycles. The molecule has 110 valence electrons. The van der Waals surface area contributed by atoms with Gasteiger partial charge < -0.3 is 10.6 Å². The Kier molecular flexibility index (Phi) is 5.32. The molecule has 0 atom stereocenters. The zero-order valence-electron chi connectivity index (χ0n) is 12.5. The molecule has 0 aliphatic heterocycles. The van der Waals surface area contributed by atoms with Gasteiger partial charge in [-0.2, -0.15) is 0 Å². The third-order valence-corrected chi connectivity index (χ3v) is 3.00. The molecule has 0 aliphatic rings. The molecule has 2 aromatic rings. The number of aromatic nitrogens is 1. The molecule has 1 heterocycles. The van der Waals surface area contributed by atoms with E-state index >= 15 is 0 Å². The number of amides is 1. The van der Waals surface area contributed by atoms with Crippen LogP contribution in [0.5, 0.6) is 0 Å². The smallest absolute Gasteiger partial charge is 0.252 e. The number of carbonyl (C=O) groups excluding carboxylic acids is 1. The van der Waals surface area contributed by atoms with E-state index < -0.39 is 0 Å². The highest BCUT2D eigenvalue weighted by atomic mass is 16.1. The molecule has 1 aromatic carbocycles. The number of rotatable bonds is 6. The van der Waals surface area contributed by atoms with Crippen molar-refractivity contribution in [2.45, 2.75) is 26.3 Å². The standard InChI is InChI=1S/C17H21N3O/c1-13(2)20-16-10-15(11-18-12-16)17(21)19-9-8-14-6-4-3-5-7-14/h3-7,10-13,20H,8-9H2,1-2H3,(H,19,21). The molecule has 0 spiro atoms. The van der Waals surface area contributed by atoms with Crippen molar-refractivity contribution in [1.29, 1.82) is 0 Å². The third-order valence-electron chi connectivity index (χ3n) is 3.00. The summed E-state index contributed by atoms with van der Waals surface area (Å²) in [7, 11) is 0. The minimum atomic E-state index is -0.0918. The molecular weight excluding hydrogens is 262 g/mol. The Morgan fingerprint density at radius 3 is 2.67 bits per heavy atom. The van der Waals surface area contributed by atoms with Crippen LogP contribution in [0.3, 0.4) is 0 Å². The highest BCUT2D eigenvalue weighted by Gasteiger charge is 2.07. The Hall–Kier alpha value is -2.36. The lowest BCUT2D eigenvalue weighted by Gasteiger charge is -2.11. The summed E-state index contributed by atoms with van der Waals surface area (Å²) in [6.45, 7) is 4.71. The second-order valence-corrected chi connectivity index (χ2v) is 5.25. The molecule has 0 aliphatic carbocycles. The second kappa shape index (κ2) is 7.43. The van der Waals surface area contributed by atoms with Crippen molar-refractivity contribution in [1.82, 2.24) is 10.3 Å². The molecule has 4 nitrogen and oxygen atoms in total. The Morgan fingerprint density at radius 1 is 1.19 bits per heavy atom. The predicted octanol–water partition coefficient (Wildman–Crippen LogP) is 2.87. The van der Waals surface area contributed by atoms with Crippen LogP contribution in [0.4, 0.5) is 5.69 Å². The van der Waals surface area contributed by atoms with Gasteiger partial charge in [-0.25, -0.2) is 0 Å². The monoisotopic (exact) mass is 283 g/mol. The van der Waals surface area contributed by atoms with Crippen molar-refractivity contribution in [3.05, 3.63) is 59.9 Å². The van der Waals surface area contributed by atoms with Crippen molar-refractivity contribution >= 4 is 11.6 Å². The molecule has 21 heavy (non-hydrogen) atoms. The highest BCUT2D eigenvalue weighted by molar-refractivity contribution is 5.94. The van der Waals surface area contributed by atoms with Gasteiger partial charge in [-0.15, -0.1) is 0 Å². The fraction of sp³-hybridized carbons (Fsp3) is 0.294. The van der Waals surface area contributed by atoms with Gasteiger partial charge in [0.2, 0.25) is 0 Å². The SMILES string of the molecule is CC(C)Nc1cncc(C(=O)NCCc2ccccc2)c1. The van der Waals surface area contributed by atoms with E-state index in [0.717, 1.165) is 12.1 Å². The van der Waals surface area contributed by atoms with Crippen LogP contribution < -0.4 is 10.6 Å². The molecule has 0 fully saturated rings. The van der Waals surface area contributed by atoms with Gasteiger partial charge in [-0.3, -0.25) is 9.78 Å². The van der Waals surface area contributed by atoms with Crippen molar-refractivity contribution in [3.8, 4) is 0 Å². The lowest BCUT2D eigenvalue weighted by molar-refractivity contribution is 0.0954.